The minimum atomic E-state index is 0. The molecule has 1 aliphatic rings. The molecule has 0 spiro atoms. The summed E-state index contributed by atoms with van der Waals surface area (Å²) in [6, 6.07) is 6.34. The molecule has 1 aromatic carbocycles. The summed E-state index contributed by atoms with van der Waals surface area (Å²) in [5.74, 6) is 1.02. The molecule has 1 heterocycles. The van der Waals surface area contributed by atoms with Crippen molar-refractivity contribution >= 4 is 12.4 Å². The summed E-state index contributed by atoms with van der Waals surface area (Å²) in [7, 11) is 0. The van der Waals surface area contributed by atoms with Gasteiger partial charge in [-0.05, 0) is 31.0 Å². The van der Waals surface area contributed by atoms with E-state index in [0.717, 1.165) is 12.2 Å². The minimum absolute atomic E-state index is 0. The Balaban J connectivity index is 0.000000980. The summed E-state index contributed by atoms with van der Waals surface area (Å²) in [5.41, 5.74) is 8.29. The third kappa shape index (κ3) is 2.02. The number of ether oxygens (including phenoxy) is 1. The summed E-state index contributed by atoms with van der Waals surface area (Å²) in [6.45, 7) is 4.09. The molecule has 1 unspecified atom stereocenters. The summed E-state index contributed by atoms with van der Waals surface area (Å²) >= 11 is 0. The maximum Gasteiger partial charge on any atom is 0.123 e. The Morgan fingerprint density at radius 1 is 1.50 bits per heavy atom. The van der Waals surface area contributed by atoms with Crippen molar-refractivity contribution < 1.29 is 4.74 Å². The Hall–Kier alpha value is -0.730. The highest BCUT2D eigenvalue weighted by Gasteiger charge is 2.19. The van der Waals surface area contributed by atoms with Crippen molar-refractivity contribution in [2.24, 2.45) is 5.73 Å². The fraction of sp³-hybridized carbons (Fsp3) is 0.455. The molecule has 78 valence electrons. The predicted octanol–water partition coefficient (Wildman–Crippen LogP) is 2.45. The Bertz CT molecular complexity index is 325. The van der Waals surface area contributed by atoms with Crippen LogP contribution in [0.15, 0.2) is 18.2 Å². The highest BCUT2D eigenvalue weighted by atomic mass is 35.5. The number of rotatable bonds is 1. The number of hydrogen-bond donors (Lipinski definition) is 1. The first-order valence-electron chi connectivity index (χ1n) is 4.72. The van der Waals surface area contributed by atoms with Crippen molar-refractivity contribution in [3.63, 3.8) is 0 Å². The summed E-state index contributed by atoms with van der Waals surface area (Å²) in [4.78, 5) is 0. The van der Waals surface area contributed by atoms with Gasteiger partial charge in [0, 0.05) is 12.5 Å². The molecule has 0 saturated carbocycles. The van der Waals surface area contributed by atoms with Gasteiger partial charge in [0.1, 0.15) is 11.9 Å². The van der Waals surface area contributed by atoms with Crippen LogP contribution in [0.4, 0.5) is 0 Å². The zero-order chi connectivity index (χ0) is 9.42. The van der Waals surface area contributed by atoms with Crippen LogP contribution in [-0.4, -0.2) is 6.10 Å². The van der Waals surface area contributed by atoms with Gasteiger partial charge in [0.05, 0.1) is 0 Å². The van der Waals surface area contributed by atoms with Crippen LogP contribution in [0.3, 0.4) is 0 Å². The van der Waals surface area contributed by atoms with E-state index in [1.54, 1.807) is 0 Å². The average molecular weight is 214 g/mol. The van der Waals surface area contributed by atoms with Crippen LogP contribution in [0, 0.1) is 0 Å². The maximum atomic E-state index is 5.80. The molecule has 0 fully saturated rings. The van der Waals surface area contributed by atoms with Crippen LogP contribution in [0.1, 0.15) is 31.0 Å². The Morgan fingerprint density at radius 2 is 2.21 bits per heavy atom. The van der Waals surface area contributed by atoms with E-state index in [-0.39, 0.29) is 18.4 Å². The van der Waals surface area contributed by atoms with E-state index < -0.39 is 0 Å². The van der Waals surface area contributed by atoms with Gasteiger partial charge < -0.3 is 10.5 Å². The van der Waals surface area contributed by atoms with E-state index >= 15 is 0 Å². The molecule has 0 radical (unpaired) electrons. The van der Waals surface area contributed by atoms with Gasteiger partial charge in [-0.25, -0.2) is 0 Å². The quantitative estimate of drug-likeness (QED) is 0.778. The van der Waals surface area contributed by atoms with E-state index in [4.69, 9.17) is 10.5 Å². The van der Waals surface area contributed by atoms with Crippen LogP contribution < -0.4 is 10.5 Å². The van der Waals surface area contributed by atoms with Crippen LogP contribution in [0.2, 0.25) is 0 Å². The van der Waals surface area contributed by atoms with E-state index in [9.17, 15) is 0 Å². The molecule has 0 saturated heterocycles. The lowest BCUT2D eigenvalue weighted by atomic mass is 10.0. The zero-order valence-corrected chi connectivity index (χ0v) is 9.30. The van der Waals surface area contributed by atoms with Crippen molar-refractivity contribution in [2.45, 2.75) is 32.4 Å². The topological polar surface area (TPSA) is 35.2 Å². The van der Waals surface area contributed by atoms with E-state index in [0.29, 0.717) is 6.10 Å². The number of halogens is 1. The summed E-state index contributed by atoms with van der Waals surface area (Å²) < 4.78 is 5.60. The standard InChI is InChI=1S/C11H15NO.ClH/c1-7-5-10-6-9(8(2)12)3-4-11(10)13-7;/h3-4,6-8H,5,12H2,1-2H3;1H/t7?,8-;/m0./s1. The van der Waals surface area contributed by atoms with Crippen molar-refractivity contribution in [1.82, 2.24) is 0 Å². The first-order chi connectivity index (χ1) is 6.16. The van der Waals surface area contributed by atoms with Gasteiger partial charge in [-0.15, -0.1) is 12.4 Å². The van der Waals surface area contributed by atoms with Crippen molar-refractivity contribution in [1.29, 1.82) is 0 Å². The lowest BCUT2D eigenvalue weighted by Gasteiger charge is -2.06. The minimum Gasteiger partial charge on any atom is -0.490 e. The SMILES string of the molecule is CC1Cc2cc([C@H](C)N)ccc2O1.Cl. The molecule has 0 aromatic heterocycles. The van der Waals surface area contributed by atoms with Crippen molar-refractivity contribution in [3.8, 4) is 5.75 Å². The van der Waals surface area contributed by atoms with Crippen molar-refractivity contribution in [2.75, 3.05) is 0 Å². The fourth-order valence-electron chi connectivity index (χ4n) is 1.73. The van der Waals surface area contributed by atoms with Gasteiger partial charge >= 0.3 is 0 Å². The molecule has 1 aromatic rings. The molecule has 1 aliphatic heterocycles. The normalized spacial score (nSPS) is 20.6. The summed E-state index contributed by atoms with van der Waals surface area (Å²) in [6.07, 6.45) is 1.33. The molecule has 2 nitrogen and oxygen atoms in total. The van der Waals surface area contributed by atoms with Gasteiger partial charge in [0.2, 0.25) is 0 Å². The molecule has 0 amide bonds. The molecule has 0 bridgehead atoms. The molecule has 2 atom stereocenters. The van der Waals surface area contributed by atoms with Crippen LogP contribution in [0.25, 0.3) is 0 Å². The van der Waals surface area contributed by atoms with Gasteiger partial charge in [-0.2, -0.15) is 0 Å². The lowest BCUT2D eigenvalue weighted by Crippen LogP contribution is -2.05. The van der Waals surface area contributed by atoms with Crippen molar-refractivity contribution in [3.05, 3.63) is 29.3 Å². The molecule has 14 heavy (non-hydrogen) atoms. The highest BCUT2D eigenvalue weighted by Crippen LogP contribution is 2.30. The van der Waals surface area contributed by atoms with Gasteiger partial charge in [0.25, 0.3) is 0 Å². The average Bonchev–Trinajstić information content (AvgIpc) is 2.42. The predicted molar refractivity (Wildman–Crippen MR) is 60.1 cm³/mol. The van der Waals surface area contributed by atoms with Gasteiger partial charge in [0.15, 0.2) is 0 Å². The Morgan fingerprint density at radius 3 is 2.86 bits per heavy atom. The van der Waals surface area contributed by atoms with Gasteiger partial charge in [-0.3, -0.25) is 0 Å². The fourth-order valence-corrected chi connectivity index (χ4v) is 1.73. The molecule has 2 rings (SSSR count). The first kappa shape index (κ1) is 11.3. The second-order valence-corrected chi connectivity index (χ2v) is 3.79. The molecule has 2 N–H and O–H groups in total. The number of nitrogens with two attached hydrogens (primary N) is 1. The zero-order valence-electron chi connectivity index (χ0n) is 8.49. The number of benzene rings is 1. The Kier molecular flexibility index (Phi) is 3.40. The van der Waals surface area contributed by atoms with Crippen LogP contribution in [-0.2, 0) is 6.42 Å². The van der Waals surface area contributed by atoms with E-state index in [1.165, 1.54) is 11.1 Å². The third-order valence-corrected chi connectivity index (χ3v) is 2.45. The smallest absolute Gasteiger partial charge is 0.123 e. The Labute approximate surface area is 90.9 Å². The first-order valence-corrected chi connectivity index (χ1v) is 4.72. The molecule has 0 aliphatic carbocycles. The largest absolute Gasteiger partial charge is 0.490 e. The second-order valence-electron chi connectivity index (χ2n) is 3.79. The van der Waals surface area contributed by atoms with E-state index in [2.05, 4.69) is 13.0 Å². The highest BCUT2D eigenvalue weighted by molar-refractivity contribution is 5.85. The maximum absolute atomic E-state index is 5.80. The van der Waals surface area contributed by atoms with E-state index in [1.807, 2.05) is 19.1 Å². The lowest BCUT2D eigenvalue weighted by molar-refractivity contribution is 0.254. The van der Waals surface area contributed by atoms with Gasteiger partial charge in [-0.1, -0.05) is 12.1 Å². The second kappa shape index (κ2) is 4.20. The van der Waals surface area contributed by atoms with Crippen LogP contribution in [0.5, 0.6) is 5.75 Å². The summed E-state index contributed by atoms with van der Waals surface area (Å²) in [5, 5.41) is 0. The molecule has 3 heteroatoms. The molecular weight excluding hydrogens is 198 g/mol. The number of fused-ring (bicyclic) bond motifs is 1. The monoisotopic (exact) mass is 213 g/mol. The number of hydrogen-bond acceptors (Lipinski definition) is 2. The molecular formula is C11H16ClNO. The third-order valence-electron chi connectivity index (χ3n) is 2.45. The van der Waals surface area contributed by atoms with Crippen LogP contribution >= 0.6 is 12.4 Å².